The lowest BCUT2D eigenvalue weighted by molar-refractivity contribution is -0.138. The largest absolute Gasteiger partial charge is 0.493 e. The maximum Gasteiger partial charge on any atom is 0.303 e. The van der Waals surface area contributed by atoms with Crippen LogP contribution in [0.4, 0.5) is 0 Å². The molecular formula is C21H29N3O5. The number of nitrogens with zero attached hydrogens (tertiary/aromatic N) is 2. The van der Waals surface area contributed by atoms with Crippen LogP contribution in [-0.4, -0.2) is 61.4 Å². The zero-order valence-electron chi connectivity index (χ0n) is 17.2. The molecule has 0 radical (unpaired) electrons. The number of rotatable bonds is 7. The van der Waals surface area contributed by atoms with Crippen molar-refractivity contribution in [1.82, 2.24) is 10.3 Å². The average Bonchev–Trinajstić information content (AvgIpc) is 3.07. The Morgan fingerprint density at radius 1 is 1.24 bits per heavy atom. The molecule has 3 rings (SSSR count). The minimum Gasteiger partial charge on any atom is -0.493 e. The van der Waals surface area contributed by atoms with E-state index in [0.29, 0.717) is 0 Å². The zero-order chi connectivity index (χ0) is 21.0. The summed E-state index contributed by atoms with van der Waals surface area (Å²) in [6.07, 6.45) is 3.29. The summed E-state index contributed by atoms with van der Waals surface area (Å²) in [6.45, 7) is 0.997. The first-order chi connectivity index (χ1) is 13.9. The van der Waals surface area contributed by atoms with Gasteiger partial charge in [0.25, 0.3) is 0 Å². The molecule has 2 atom stereocenters. The Morgan fingerprint density at radius 2 is 2.00 bits per heavy atom. The summed E-state index contributed by atoms with van der Waals surface area (Å²) < 4.78 is 10.9. The van der Waals surface area contributed by atoms with Crippen LogP contribution in [0.15, 0.2) is 23.3 Å². The van der Waals surface area contributed by atoms with Crippen LogP contribution in [0.25, 0.3) is 0 Å². The molecule has 8 nitrogen and oxygen atoms in total. The highest BCUT2D eigenvalue weighted by molar-refractivity contribution is 5.88. The lowest BCUT2D eigenvalue weighted by Gasteiger charge is -2.42. The highest BCUT2D eigenvalue weighted by atomic mass is 16.5. The van der Waals surface area contributed by atoms with Crippen molar-refractivity contribution in [3.63, 3.8) is 0 Å². The highest BCUT2D eigenvalue weighted by Crippen LogP contribution is 2.49. The molecule has 0 aromatic heterocycles. The second-order valence-electron chi connectivity index (χ2n) is 7.78. The van der Waals surface area contributed by atoms with Crippen molar-refractivity contribution in [3.8, 4) is 11.5 Å². The normalized spacial score (nSPS) is 25.5. The third-order valence-corrected chi connectivity index (χ3v) is 6.23. The van der Waals surface area contributed by atoms with Crippen LogP contribution in [0.5, 0.6) is 11.5 Å². The van der Waals surface area contributed by atoms with E-state index in [1.54, 1.807) is 14.2 Å². The van der Waals surface area contributed by atoms with Crippen LogP contribution < -0.4 is 14.9 Å². The van der Waals surface area contributed by atoms with Gasteiger partial charge in [0.15, 0.2) is 11.5 Å². The summed E-state index contributed by atoms with van der Waals surface area (Å²) in [5.41, 5.74) is 4.73. The number of fused-ring (bicyclic) bond motifs is 1. The average molecular weight is 403 g/mol. The number of hydrogen-bond donors (Lipinski definition) is 2. The van der Waals surface area contributed by atoms with Crippen LogP contribution >= 0.6 is 0 Å². The molecule has 1 heterocycles. The summed E-state index contributed by atoms with van der Waals surface area (Å²) in [4.78, 5) is 24.7. The van der Waals surface area contributed by atoms with E-state index in [2.05, 4.69) is 34.6 Å². The quantitative estimate of drug-likeness (QED) is 0.677. The summed E-state index contributed by atoms with van der Waals surface area (Å²) in [5.74, 6) is 0.102. The number of methoxy groups -OCH3 is 2. The fourth-order valence-electron chi connectivity index (χ4n) is 4.60. The first-order valence-electron chi connectivity index (χ1n) is 9.88. The summed E-state index contributed by atoms with van der Waals surface area (Å²) >= 11 is 0. The van der Waals surface area contributed by atoms with Crippen molar-refractivity contribution in [2.24, 2.45) is 5.10 Å². The molecule has 1 aromatic carbocycles. The highest BCUT2D eigenvalue weighted by Gasteiger charge is 2.49. The predicted molar refractivity (Wildman–Crippen MR) is 109 cm³/mol. The number of nitrogens with one attached hydrogen (secondary N) is 1. The maximum atomic E-state index is 11.8. The number of likely N-dealkylation sites (N-methyl/N-ethyl adjacent to an activating group) is 1. The van der Waals surface area contributed by atoms with Crippen LogP contribution in [0.3, 0.4) is 0 Å². The molecular weight excluding hydrogens is 374 g/mol. The van der Waals surface area contributed by atoms with Gasteiger partial charge in [0.2, 0.25) is 5.91 Å². The Hall–Kier alpha value is -2.61. The number of amides is 1. The number of benzene rings is 1. The standard InChI is InChI=1S/C21H29N3O5/c1-24-11-10-21(14-4-5-16(28-2)17(12-14)29-3)9-8-15(13-18(21)24)22-23-19(25)6-7-20(26)27/h4-5,12,18H,6-11,13H2,1-3H3,(H,23,25)(H,26,27)/t18-,21-/m0/s1. The first-order valence-corrected chi connectivity index (χ1v) is 9.88. The van der Waals surface area contributed by atoms with E-state index in [-0.39, 0.29) is 30.2 Å². The Bertz CT molecular complexity index is 810. The number of carboxylic acids is 1. The number of likely N-dealkylation sites (tertiary alicyclic amines) is 1. The minimum atomic E-state index is -0.988. The monoisotopic (exact) mass is 403 g/mol. The van der Waals surface area contributed by atoms with Crippen molar-refractivity contribution in [3.05, 3.63) is 23.8 Å². The van der Waals surface area contributed by atoms with Gasteiger partial charge in [-0.05, 0) is 50.6 Å². The minimum absolute atomic E-state index is 0.0145. The summed E-state index contributed by atoms with van der Waals surface area (Å²) in [6, 6.07) is 6.46. The molecule has 0 bridgehead atoms. The van der Waals surface area contributed by atoms with E-state index in [1.165, 1.54) is 5.56 Å². The lowest BCUT2D eigenvalue weighted by atomic mass is 9.65. The Morgan fingerprint density at radius 3 is 2.69 bits per heavy atom. The molecule has 2 aliphatic rings. The van der Waals surface area contributed by atoms with Gasteiger partial charge >= 0.3 is 5.97 Å². The van der Waals surface area contributed by atoms with Crippen molar-refractivity contribution in [2.45, 2.75) is 50.0 Å². The van der Waals surface area contributed by atoms with Gasteiger partial charge in [-0.3, -0.25) is 9.59 Å². The predicted octanol–water partition coefficient (Wildman–Crippen LogP) is 2.17. The van der Waals surface area contributed by atoms with Gasteiger partial charge in [-0.25, -0.2) is 5.43 Å². The Balaban J connectivity index is 1.77. The number of aliphatic carboxylic acids is 1. The molecule has 2 fully saturated rings. The summed E-state index contributed by atoms with van der Waals surface area (Å²) in [7, 11) is 5.41. The van der Waals surface area contributed by atoms with E-state index in [9.17, 15) is 9.59 Å². The van der Waals surface area contributed by atoms with E-state index in [0.717, 1.165) is 49.4 Å². The van der Waals surface area contributed by atoms with Gasteiger partial charge in [0.05, 0.1) is 20.6 Å². The first kappa shape index (κ1) is 21.1. The molecule has 0 spiro atoms. The maximum absolute atomic E-state index is 11.8. The van der Waals surface area contributed by atoms with Gasteiger partial charge in [-0.2, -0.15) is 5.10 Å². The number of ether oxygens (including phenoxy) is 2. The van der Waals surface area contributed by atoms with Crippen LogP contribution in [0.2, 0.25) is 0 Å². The van der Waals surface area contributed by atoms with Crippen molar-refractivity contribution >= 4 is 17.6 Å². The van der Waals surface area contributed by atoms with Crippen LogP contribution in [-0.2, 0) is 15.0 Å². The van der Waals surface area contributed by atoms with Gasteiger partial charge in [-0.15, -0.1) is 0 Å². The Labute approximate surface area is 170 Å². The molecule has 0 unspecified atom stereocenters. The van der Waals surface area contributed by atoms with Crippen molar-refractivity contribution in [2.75, 3.05) is 27.8 Å². The summed E-state index contributed by atoms with van der Waals surface area (Å²) in [5, 5.41) is 13.0. The Kier molecular flexibility index (Phi) is 6.42. The molecule has 1 aliphatic heterocycles. The third-order valence-electron chi connectivity index (χ3n) is 6.23. The molecule has 2 N–H and O–H groups in total. The van der Waals surface area contributed by atoms with Gasteiger partial charge in [0.1, 0.15) is 0 Å². The smallest absolute Gasteiger partial charge is 0.303 e. The number of carboxylic acid groups (broad SMARTS) is 1. The van der Waals surface area contributed by atoms with Crippen molar-refractivity contribution < 1.29 is 24.2 Å². The van der Waals surface area contributed by atoms with E-state index in [1.807, 2.05) is 6.07 Å². The molecule has 29 heavy (non-hydrogen) atoms. The van der Waals surface area contributed by atoms with E-state index >= 15 is 0 Å². The van der Waals surface area contributed by atoms with Gasteiger partial charge in [-0.1, -0.05) is 6.07 Å². The number of hydrazone groups is 1. The lowest BCUT2D eigenvalue weighted by Crippen LogP contribution is -2.46. The van der Waals surface area contributed by atoms with E-state index < -0.39 is 5.97 Å². The van der Waals surface area contributed by atoms with Gasteiger partial charge < -0.3 is 19.5 Å². The number of carbonyl (C=O) groups is 2. The second kappa shape index (κ2) is 8.82. The van der Waals surface area contributed by atoms with Crippen LogP contribution in [0, 0.1) is 0 Å². The zero-order valence-corrected chi connectivity index (χ0v) is 17.2. The molecule has 1 aliphatic carbocycles. The number of hydrogen-bond acceptors (Lipinski definition) is 6. The fourth-order valence-corrected chi connectivity index (χ4v) is 4.60. The van der Waals surface area contributed by atoms with E-state index in [4.69, 9.17) is 14.6 Å². The molecule has 1 saturated heterocycles. The number of carbonyl (C=O) groups excluding carboxylic acids is 1. The molecule has 1 amide bonds. The molecule has 1 aromatic rings. The van der Waals surface area contributed by atoms with Crippen molar-refractivity contribution in [1.29, 1.82) is 0 Å². The fraction of sp³-hybridized carbons (Fsp3) is 0.571. The topological polar surface area (TPSA) is 100 Å². The SMILES string of the molecule is COc1ccc([C@@]23CCC(=NNC(=O)CCC(=O)O)C[C@@H]2N(C)CC3)cc1OC. The second-order valence-corrected chi connectivity index (χ2v) is 7.78. The molecule has 8 heteroatoms. The molecule has 1 saturated carbocycles. The third kappa shape index (κ3) is 4.37. The molecule has 158 valence electrons. The van der Waals surface area contributed by atoms with Gasteiger partial charge in [0, 0.05) is 30.0 Å². The van der Waals surface area contributed by atoms with Crippen LogP contribution in [0.1, 0.15) is 44.1 Å².